The second kappa shape index (κ2) is 5.90. The first-order valence-electron chi connectivity index (χ1n) is 3.52. The van der Waals surface area contributed by atoms with Crippen molar-refractivity contribution in [3.63, 3.8) is 0 Å². The minimum atomic E-state index is -1.06. The van der Waals surface area contributed by atoms with Crippen molar-refractivity contribution in [2.24, 2.45) is 0 Å². The number of phenolic OH excluding ortho intramolecular Hbond substituents is 2. The molecule has 14 heavy (non-hydrogen) atoms. The minimum Gasteiger partial charge on any atom is -1.00 e. The molecule has 0 spiro atoms. The van der Waals surface area contributed by atoms with Crippen molar-refractivity contribution < 1.29 is 23.0 Å². The monoisotopic (exact) mass is 222 g/mol. The molecule has 0 amide bonds. The second-order valence-corrected chi connectivity index (χ2v) is 2.42. The number of benzene rings is 1. The van der Waals surface area contributed by atoms with Gasteiger partial charge in [0.1, 0.15) is 0 Å². The Morgan fingerprint density at radius 3 is 2.43 bits per heavy atom. The average Bonchev–Trinajstić information content (AvgIpc) is 2.07. The molecule has 1 aromatic carbocycles. The van der Waals surface area contributed by atoms with E-state index in [1.165, 1.54) is 24.3 Å². The molecule has 0 bridgehead atoms. The number of aromatic hydroxyl groups is 2. The van der Waals surface area contributed by atoms with Crippen LogP contribution in [0.4, 0.5) is 0 Å². The maximum absolute atomic E-state index is 10.1. The van der Waals surface area contributed by atoms with Crippen LogP contribution in [-0.2, 0) is 4.79 Å². The fourth-order valence-corrected chi connectivity index (χ4v) is 0.812. The maximum atomic E-state index is 10.1. The molecule has 0 aromatic heterocycles. The van der Waals surface area contributed by atoms with Crippen LogP contribution < -0.4 is 0 Å². The number of carboxylic acids is 1. The van der Waals surface area contributed by atoms with Crippen LogP contribution in [0, 0.1) is 0 Å². The number of hydrogen-bond donors (Lipinski definition) is 3. The molecule has 0 saturated heterocycles. The van der Waals surface area contributed by atoms with E-state index in [4.69, 9.17) is 15.3 Å². The predicted octanol–water partition coefficient (Wildman–Crippen LogP) is 1.04. The number of carbonyl (C=O) groups is 1. The van der Waals surface area contributed by atoms with E-state index in [0.29, 0.717) is 5.56 Å². The first-order valence-corrected chi connectivity index (χ1v) is 3.52. The second-order valence-electron chi connectivity index (χ2n) is 2.42. The molecule has 0 aliphatic rings. The Balaban J connectivity index is -0.000000563. The van der Waals surface area contributed by atoms with E-state index in [-0.39, 0.29) is 52.1 Å². The van der Waals surface area contributed by atoms with Crippen LogP contribution in [0.25, 0.3) is 6.08 Å². The number of phenols is 2. The normalized spacial score (nSPS) is 9.71. The van der Waals surface area contributed by atoms with Gasteiger partial charge in [-0.05, 0) is 23.8 Å². The smallest absolute Gasteiger partial charge is 1.00 e. The zero-order chi connectivity index (χ0) is 9.84. The van der Waals surface area contributed by atoms with Crippen molar-refractivity contribution in [2.75, 3.05) is 0 Å². The van der Waals surface area contributed by atoms with Crippen LogP contribution in [0.1, 0.15) is 8.42 Å². The first-order chi connectivity index (χ1) is 6.09. The van der Waals surface area contributed by atoms with Gasteiger partial charge in [0.2, 0.25) is 0 Å². The van der Waals surface area contributed by atoms with Gasteiger partial charge in [-0.1, -0.05) is 6.07 Å². The van der Waals surface area contributed by atoms with E-state index in [1.54, 1.807) is 0 Å². The predicted molar refractivity (Wildman–Crippen MR) is 54.4 cm³/mol. The van der Waals surface area contributed by atoms with Gasteiger partial charge < -0.3 is 18.2 Å². The van der Waals surface area contributed by atoms with Crippen LogP contribution >= 0.6 is 0 Å². The number of rotatable bonds is 2. The molecule has 4 nitrogen and oxygen atoms in total. The Labute approximate surface area is 113 Å². The molecule has 3 N–H and O–H groups in total. The molecule has 0 aliphatic heterocycles. The van der Waals surface area contributed by atoms with Crippen molar-refractivity contribution in [2.45, 2.75) is 0 Å². The fraction of sp³-hybridized carbons (Fsp3) is 0. The molecule has 0 aliphatic carbocycles. The summed E-state index contributed by atoms with van der Waals surface area (Å²) in [4.78, 5) is 10.1. The Morgan fingerprint density at radius 1 is 1.29 bits per heavy atom. The molecule has 72 valence electrons. The van der Waals surface area contributed by atoms with Crippen molar-refractivity contribution in [3.05, 3.63) is 29.8 Å². The number of aliphatic carboxylic acids is 1. The van der Waals surface area contributed by atoms with Gasteiger partial charge in [0, 0.05) is 6.08 Å². The van der Waals surface area contributed by atoms with Gasteiger partial charge in [-0.3, -0.25) is 0 Å². The molecule has 0 fully saturated rings. The van der Waals surface area contributed by atoms with Crippen molar-refractivity contribution >= 4 is 49.8 Å². The van der Waals surface area contributed by atoms with E-state index in [1.807, 2.05) is 0 Å². The maximum Gasteiger partial charge on any atom is 2.00 e. The van der Waals surface area contributed by atoms with Gasteiger partial charge in [-0.15, -0.1) is 0 Å². The average molecular weight is 222 g/mol. The van der Waals surface area contributed by atoms with Crippen molar-refractivity contribution in [1.29, 1.82) is 0 Å². The molecule has 1 aromatic rings. The summed E-state index contributed by atoms with van der Waals surface area (Å²) in [5.74, 6) is -1.56. The number of carboxylic acid groups (broad SMARTS) is 1. The van der Waals surface area contributed by atoms with Crippen LogP contribution in [0.3, 0.4) is 0 Å². The molecular formula is C9H10CaO4. The van der Waals surface area contributed by atoms with E-state index in [9.17, 15) is 4.79 Å². The zero-order valence-electron chi connectivity index (χ0n) is 9.34. The van der Waals surface area contributed by atoms with Gasteiger partial charge >= 0.3 is 43.7 Å². The summed E-state index contributed by atoms with van der Waals surface area (Å²) in [6.45, 7) is 0. The summed E-state index contributed by atoms with van der Waals surface area (Å²) in [5.41, 5.74) is 0.512. The minimum absolute atomic E-state index is 0. The van der Waals surface area contributed by atoms with E-state index in [2.05, 4.69) is 0 Å². The summed E-state index contributed by atoms with van der Waals surface area (Å²) in [6, 6.07) is 4.06. The summed E-state index contributed by atoms with van der Waals surface area (Å²) in [5, 5.41) is 26.3. The molecule has 5 heteroatoms. The van der Waals surface area contributed by atoms with E-state index in [0.717, 1.165) is 6.08 Å². The molecule has 0 unspecified atom stereocenters. The molecule has 0 saturated carbocycles. The quantitative estimate of drug-likeness (QED) is 0.397. The Kier molecular flexibility index (Phi) is 5.60. The largest absolute Gasteiger partial charge is 2.00 e. The Bertz CT molecular complexity index is 369. The third-order valence-electron chi connectivity index (χ3n) is 1.42. The van der Waals surface area contributed by atoms with Crippen LogP contribution in [0.5, 0.6) is 11.5 Å². The standard InChI is InChI=1S/C9H8O4.Ca.2H/c10-7-3-1-6(5-8(7)11)2-4-9(12)13;;;/h1-5,10-11H,(H,12,13);;;/q;+2;2*-1/b4-2+;;;. The molecule has 0 radical (unpaired) electrons. The van der Waals surface area contributed by atoms with Crippen LogP contribution in [0.15, 0.2) is 24.3 Å². The fourth-order valence-electron chi connectivity index (χ4n) is 0.812. The summed E-state index contributed by atoms with van der Waals surface area (Å²) in [6.07, 6.45) is 2.27. The van der Waals surface area contributed by atoms with Gasteiger partial charge in [-0.25, -0.2) is 4.79 Å². The first kappa shape index (κ1) is 13.3. The van der Waals surface area contributed by atoms with Gasteiger partial charge in [-0.2, -0.15) is 0 Å². The summed E-state index contributed by atoms with van der Waals surface area (Å²) < 4.78 is 0. The van der Waals surface area contributed by atoms with E-state index < -0.39 is 5.97 Å². The topological polar surface area (TPSA) is 77.8 Å². The third kappa shape index (κ3) is 4.00. The van der Waals surface area contributed by atoms with E-state index >= 15 is 0 Å². The summed E-state index contributed by atoms with van der Waals surface area (Å²) >= 11 is 0. The van der Waals surface area contributed by atoms with Crippen molar-refractivity contribution in [3.8, 4) is 11.5 Å². The summed E-state index contributed by atoms with van der Waals surface area (Å²) in [7, 11) is 0. The number of hydrogen-bond acceptors (Lipinski definition) is 3. The molecule has 0 heterocycles. The van der Waals surface area contributed by atoms with Crippen LogP contribution in [0.2, 0.25) is 0 Å². The molecule has 0 atom stereocenters. The molecular weight excluding hydrogens is 212 g/mol. The molecule has 1 rings (SSSR count). The van der Waals surface area contributed by atoms with Gasteiger partial charge in [0.05, 0.1) is 0 Å². The Morgan fingerprint density at radius 2 is 1.93 bits per heavy atom. The third-order valence-corrected chi connectivity index (χ3v) is 1.42. The van der Waals surface area contributed by atoms with Gasteiger partial charge in [0.15, 0.2) is 11.5 Å². The Hall–Kier alpha value is -0.710. The zero-order valence-corrected chi connectivity index (χ0v) is 9.55. The van der Waals surface area contributed by atoms with Gasteiger partial charge in [0.25, 0.3) is 0 Å². The van der Waals surface area contributed by atoms with Crippen LogP contribution in [-0.4, -0.2) is 59.0 Å². The SMILES string of the molecule is O=C(O)/C=C/c1ccc(O)c(O)c1.[Ca+2].[H-].[H-]. The van der Waals surface area contributed by atoms with Crippen molar-refractivity contribution in [1.82, 2.24) is 0 Å².